The second kappa shape index (κ2) is 6.56. The van der Waals surface area contributed by atoms with Crippen LogP contribution in [0.4, 0.5) is 5.69 Å². The van der Waals surface area contributed by atoms with Crippen molar-refractivity contribution in [2.45, 2.75) is 13.5 Å². The average molecular weight is 270 g/mol. The number of benzene rings is 1. The molecule has 2 aromatic rings. The van der Waals surface area contributed by atoms with Gasteiger partial charge >= 0.3 is 0 Å². The van der Waals surface area contributed by atoms with Gasteiger partial charge in [-0.1, -0.05) is 18.2 Å². The van der Waals surface area contributed by atoms with Gasteiger partial charge in [-0.05, 0) is 30.7 Å². The van der Waals surface area contributed by atoms with E-state index in [4.69, 9.17) is 10.5 Å². The summed E-state index contributed by atoms with van der Waals surface area (Å²) in [4.78, 5) is 8.41. The summed E-state index contributed by atoms with van der Waals surface area (Å²) < 4.78 is 5.17. The molecule has 1 heterocycles. The molecule has 0 saturated carbocycles. The van der Waals surface area contributed by atoms with E-state index in [2.05, 4.69) is 15.3 Å². The van der Waals surface area contributed by atoms with E-state index in [1.807, 2.05) is 43.3 Å². The SMILES string of the molecule is COc1ncccc1CN=C(N)Nc1cccc(C)c1. The molecular formula is C15H18N4O. The van der Waals surface area contributed by atoms with Crippen LogP contribution in [0.1, 0.15) is 11.1 Å². The van der Waals surface area contributed by atoms with Gasteiger partial charge < -0.3 is 15.8 Å². The van der Waals surface area contributed by atoms with E-state index in [1.165, 1.54) is 0 Å². The Bertz CT molecular complexity index is 610. The zero-order valence-electron chi connectivity index (χ0n) is 11.6. The van der Waals surface area contributed by atoms with Gasteiger partial charge in [0.2, 0.25) is 5.88 Å². The smallest absolute Gasteiger partial charge is 0.218 e. The summed E-state index contributed by atoms with van der Waals surface area (Å²) in [6.45, 7) is 2.45. The van der Waals surface area contributed by atoms with Crippen molar-refractivity contribution in [2.24, 2.45) is 10.7 Å². The fraction of sp³-hybridized carbons (Fsp3) is 0.200. The number of aryl methyl sites for hydroxylation is 1. The topological polar surface area (TPSA) is 72.5 Å². The van der Waals surface area contributed by atoms with Crippen molar-refractivity contribution in [3.05, 3.63) is 53.7 Å². The van der Waals surface area contributed by atoms with Crippen molar-refractivity contribution in [1.29, 1.82) is 0 Å². The lowest BCUT2D eigenvalue weighted by Gasteiger charge is -2.07. The van der Waals surface area contributed by atoms with Gasteiger partial charge in [-0.3, -0.25) is 0 Å². The summed E-state index contributed by atoms with van der Waals surface area (Å²) in [5, 5.41) is 3.06. The maximum Gasteiger partial charge on any atom is 0.218 e. The molecule has 5 nitrogen and oxygen atoms in total. The van der Waals surface area contributed by atoms with Crippen molar-refractivity contribution in [1.82, 2.24) is 4.98 Å². The number of hydrogen-bond donors (Lipinski definition) is 2. The van der Waals surface area contributed by atoms with Crippen molar-refractivity contribution in [3.63, 3.8) is 0 Å². The van der Waals surface area contributed by atoms with E-state index >= 15 is 0 Å². The van der Waals surface area contributed by atoms with Crippen LogP contribution >= 0.6 is 0 Å². The molecular weight excluding hydrogens is 252 g/mol. The minimum Gasteiger partial charge on any atom is -0.481 e. The number of ether oxygens (including phenoxy) is 1. The third kappa shape index (κ3) is 3.71. The van der Waals surface area contributed by atoms with Crippen molar-refractivity contribution < 1.29 is 4.74 Å². The number of guanidine groups is 1. The van der Waals surface area contributed by atoms with Crippen LogP contribution in [0.15, 0.2) is 47.6 Å². The molecule has 0 unspecified atom stereocenters. The maximum atomic E-state index is 5.87. The Hall–Kier alpha value is -2.56. The number of hydrogen-bond acceptors (Lipinski definition) is 3. The number of aromatic nitrogens is 1. The number of nitrogens with one attached hydrogen (secondary N) is 1. The highest BCUT2D eigenvalue weighted by Crippen LogP contribution is 2.14. The maximum absolute atomic E-state index is 5.87. The molecule has 0 aliphatic rings. The third-order valence-corrected chi connectivity index (χ3v) is 2.75. The molecule has 1 aromatic carbocycles. The van der Waals surface area contributed by atoms with Crippen LogP contribution in [0, 0.1) is 6.92 Å². The van der Waals surface area contributed by atoms with Crippen LogP contribution in [0.25, 0.3) is 0 Å². The normalized spacial score (nSPS) is 11.2. The molecule has 5 heteroatoms. The number of rotatable bonds is 4. The molecule has 0 fully saturated rings. The van der Waals surface area contributed by atoms with Crippen LogP contribution in [0.3, 0.4) is 0 Å². The molecule has 2 rings (SSSR count). The molecule has 0 amide bonds. The van der Waals surface area contributed by atoms with E-state index in [0.717, 1.165) is 16.8 Å². The first kappa shape index (κ1) is 13.9. The fourth-order valence-corrected chi connectivity index (χ4v) is 1.81. The number of anilines is 1. The number of nitrogens with zero attached hydrogens (tertiary/aromatic N) is 2. The van der Waals surface area contributed by atoms with Crippen molar-refractivity contribution in [3.8, 4) is 5.88 Å². The Morgan fingerprint density at radius 2 is 2.20 bits per heavy atom. The fourth-order valence-electron chi connectivity index (χ4n) is 1.81. The summed E-state index contributed by atoms with van der Waals surface area (Å²) in [5.41, 5.74) is 8.85. The first-order valence-corrected chi connectivity index (χ1v) is 6.30. The van der Waals surface area contributed by atoms with Gasteiger partial charge in [0.25, 0.3) is 0 Å². The third-order valence-electron chi connectivity index (χ3n) is 2.75. The zero-order chi connectivity index (χ0) is 14.4. The van der Waals surface area contributed by atoms with Gasteiger partial charge in [0, 0.05) is 17.4 Å². The second-order valence-corrected chi connectivity index (χ2v) is 4.37. The van der Waals surface area contributed by atoms with Gasteiger partial charge in [-0.15, -0.1) is 0 Å². The lowest BCUT2D eigenvalue weighted by atomic mass is 10.2. The summed E-state index contributed by atoms with van der Waals surface area (Å²) in [5.74, 6) is 0.932. The monoisotopic (exact) mass is 270 g/mol. The second-order valence-electron chi connectivity index (χ2n) is 4.37. The Balaban J connectivity index is 2.04. The quantitative estimate of drug-likeness (QED) is 0.660. The van der Waals surface area contributed by atoms with Crippen LogP contribution in [0.5, 0.6) is 5.88 Å². The summed E-state index contributed by atoms with van der Waals surface area (Å²) >= 11 is 0. The number of methoxy groups -OCH3 is 1. The highest BCUT2D eigenvalue weighted by molar-refractivity contribution is 5.92. The van der Waals surface area contributed by atoms with Crippen molar-refractivity contribution >= 4 is 11.6 Å². The van der Waals surface area contributed by atoms with Gasteiger partial charge in [0.15, 0.2) is 5.96 Å². The summed E-state index contributed by atoms with van der Waals surface area (Å²) in [6, 6.07) is 11.7. The molecule has 0 saturated heterocycles. The zero-order valence-corrected chi connectivity index (χ0v) is 11.6. The first-order valence-electron chi connectivity index (χ1n) is 6.30. The molecule has 0 aliphatic heterocycles. The minimum absolute atomic E-state index is 0.363. The van der Waals surface area contributed by atoms with E-state index in [1.54, 1.807) is 13.3 Å². The minimum atomic E-state index is 0.363. The average Bonchev–Trinajstić information content (AvgIpc) is 2.45. The number of nitrogens with two attached hydrogens (primary N) is 1. The van der Waals surface area contributed by atoms with Gasteiger partial charge in [0.05, 0.1) is 13.7 Å². The van der Waals surface area contributed by atoms with Gasteiger partial charge in [0.1, 0.15) is 0 Å². The van der Waals surface area contributed by atoms with Crippen LogP contribution in [0.2, 0.25) is 0 Å². The van der Waals surface area contributed by atoms with Crippen molar-refractivity contribution in [2.75, 3.05) is 12.4 Å². The molecule has 0 aliphatic carbocycles. The molecule has 1 aromatic heterocycles. The summed E-state index contributed by atoms with van der Waals surface area (Å²) in [6.07, 6.45) is 1.68. The van der Waals surface area contributed by atoms with E-state index < -0.39 is 0 Å². The molecule has 3 N–H and O–H groups in total. The van der Waals surface area contributed by atoms with Crippen LogP contribution < -0.4 is 15.8 Å². The van der Waals surface area contributed by atoms with Gasteiger partial charge in [-0.25, -0.2) is 9.98 Å². The predicted molar refractivity (Wildman–Crippen MR) is 80.9 cm³/mol. The Morgan fingerprint density at radius 1 is 1.35 bits per heavy atom. The highest BCUT2D eigenvalue weighted by atomic mass is 16.5. The number of pyridine rings is 1. The van der Waals surface area contributed by atoms with Crippen LogP contribution in [-0.2, 0) is 6.54 Å². The van der Waals surface area contributed by atoms with E-state index in [0.29, 0.717) is 18.4 Å². The molecule has 0 bridgehead atoms. The summed E-state index contributed by atoms with van der Waals surface area (Å²) in [7, 11) is 1.59. The molecule has 0 atom stereocenters. The standard InChI is InChI=1S/C15H18N4O/c1-11-5-3-7-13(9-11)19-15(16)18-10-12-6-4-8-17-14(12)20-2/h3-9H,10H2,1-2H3,(H3,16,18,19). The Morgan fingerprint density at radius 3 is 2.95 bits per heavy atom. The van der Waals surface area contributed by atoms with Gasteiger partial charge in [-0.2, -0.15) is 0 Å². The first-order chi connectivity index (χ1) is 9.69. The lowest BCUT2D eigenvalue weighted by Crippen LogP contribution is -2.22. The number of aliphatic imine (C=N–C) groups is 1. The Kier molecular flexibility index (Phi) is 4.55. The van der Waals surface area contributed by atoms with E-state index in [-0.39, 0.29) is 0 Å². The predicted octanol–water partition coefficient (Wildman–Crippen LogP) is 2.33. The lowest BCUT2D eigenvalue weighted by molar-refractivity contribution is 0.392. The molecule has 0 spiro atoms. The molecule has 20 heavy (non-hydrogen) atoms. The molecule has 104 valence electrons. The largest absolute Gasteiger partial charge is 0.481 e. The van der Waals surface area contributed by atoms with E-state index in [9.17, 15) is 0 Å². The Labute approximate surface area is 118 Å². The highest BCUT2D eigenvalue weighted by Gasteiger charge is 2.02. The van der Waals surface area contributed by atoms with Crippen LogP contribution in [-0.4, -0.2) is 18.1 Å². The molecule has 0 radical (unpaired) electrons.